The third kappa shape index (κ3) is 3.57. The van der Waals surface area contributed by atoms with Crippen molar-refractivity contribution in [2.24, 2.45) is 5.92 Å². The van der Waals surface area contributed by atoms with Crippen molar-refractivity contribution in [1.29, 1.82) is 0 Å². The number of likely N-dealkylation sites (tertiary alicyclic amines) is 1. The summed E-state index contributed by atoms with van der Waals surface area (Å²) in [6, 6.07) is 14.7. The van der Waals surface area contributed by atoms with Crippen molar-refractivity contribution in [3.8, 4) is 0 Å². The topological polar surface area (TPSA) is 32.3 Å². The van der Waals surface area contributed by atoms with Gasteiger partial charge < -0.3 is 10.2 Å². The predicted molar refractivity (Wildman–Crippen MR) is 119 cm³/mol. The number of allylic oxidation sites excluding steroid dienone is 2. The minimum Gasteiger partial charge on any atom is -0.378 e. The van der Waals surface area contributed by atoms with Crippen molar-refractivity contribution in [1.82, 2.24) is 4.90 Å². The summed E-state index contributed by atoms with van der Waals surface area (Å²) >= 11 is 6.10. The molecule has 0 radical (unpaired) electrons. The highest BCUT2D eigenvalue weighted by molar-refractivity contribution is 6.30. The molecule has 29 heavy (non-hydrogen) atoms. The molecule has 2 aromatic rings. The van der Waals surface area contributed by atoms with E-state index in [1.807, 2.05) is 23.1 Å². The van der Waals surface area contributed by atoms with Gasteiger partial charge in [0.1, 0.15) is 0 Å². The molecule has 1 aliphatic carbocycles. The van der Waals surface area contributed by atoms with Crippen molar-refractivity contribution in [2.45, 2.75) is 44.1 Å². The molecule has 1 fully saturated rings. The first-order chi connectivity index (χ1) is 14.2. The molecule has 0 aromatic heterocycles. The maximum Gasteiger partial charge on any atom is 0.253 e. The first-order valence-corrected chi connectivity index (χ1v) is 11.2. The third-order valence-electron chi connectivity index (χ3n) is 6.73. The molecule has 2 aromatic carbocycles. The summed E-state index contributed by atoms with van der Waals surface area (Å²) in [4.78, 5) is 15.2. The summed E-state index contributed by atoms with van der Waals surface area (Å²) in [5.41, 5.74) is 4.50. The van der Waals surface area contributed by atoms with E-state index in [4.69, 9.17) is 11.6 Å². The van der Waals surface area contributed by atoms with E-state index >= 15 is 0 Å². The lowest BCUT2D eigenvalue weighted by atomic mass is 9.76. The van der Waals surface area contributed by atoms with E-state index in [9.17, 15) is 4.79 Å². The first-order valence-electron chi connectivity index (χ1n) is 10.8. The molecule has 2 aliphatic heterocycles. The summed E-state index contributed by atoms with van der Waals surface area (Å²) in [7, 11) is 0. The van der Waals surface area contributed by atoms with Crippen molar-refractivity contribution in [3.63, 3.8) is 0 Å². The van der Waals surface area contributed by atoms with Gasteiger partial charge in [-0.1, -0.05) is 48.7 Å². The lowest BCUT2D eigenvalue weighted by Gasteiger charge is -2.38. The Labute approximate surface area is 177 Å². The van der Waals surface area contributed by atoms with Crippen molar-refractivity contribution >= 4 is 23.2 Å². The van der Waals surface area contributed by atoms with Gasteiger partial charge in [-0.3, -0.25) is 4.79 Å². The fourth-order valence-corrected chi connectivity index (χ4v) is 5.31. The largest absolute Gasteiger partial charge is 0.378 e. The molecule has 4 heteroatoms. The fourth-order valence-electron chi connectivity index (χ4n) is 5.18. The van der Waals surface area contributed by atoms with Gasteiger partial charge in [-0.15, -0.1) is 0 Å². The molecule has 150 valence electrons. The Morgan fingerprint density at radius 2 is 1.76 bits per heavy atom. The summed E-state index contributed by atoms with van der Waals surface area (Å²) < 4.78 is 0. The Morgan fingerprint density at radius 1 is 1.00 bits per heavy atom. The molecule has 0 bridgehead atoms. The van der Waals surface area contributed by atoms with E-state index in [2.05, 4.69) is 41.7 Å². The number of amides is 1. The van der Waals surface area contributed by atoms with Crippen molar-refractivity contribution in [2.75, 3.05) is 18.4 Å². The summed E-state index contributed by atoms with van der Waals surface area (Å²) in [5, 5.41) is 4.52. The number of carbonyl (C=O) groups is 1. The molecule has 1 amide bonds. The molecule has 1 saturated heterocycles. The number of nitrogens with one attached hydrogen (secondary N) is 1. The second-order valence-corrected chi connectivity index (χ2v) is 8.97. The van der Waals surface area contributed by atoms with Gasteiger partial charge >= 0.3 is 0 Å². The fraction of sp³-hybridized carbons (Fsp3) is 0.400. The molecule has 3 atom stereocenters. The number of nitrogens with zero attached hydrogens (tertiary/aromatic N) is 1. The molecule has 1 N–H and O–H groups in total. The lowest BCUT2D eigenvalue weighted by Crippen LogP contribution is -2.33. The minimum atomic E-state index is 0.188. The Bertz CT molecular complexity index is 928. The molecular weight excluding hydrogens is 380 g/mol. The summed E-state index contributed by atoms with van der Waals surface area (Å²) in [5.74, 6) is 1.00. The quantitative estimate of drug-likeness (QED) is 0.603. The zero-order chi connectivity index (χ0) is 19.8. The smallest absolute Gasteiger partial charge is 0.253 e. The molecule has 0 unspecified atom stereocenters. The number of halogens is 1. The number of anilines is 1. The maximum atomic E-state index is 13.1. The predicted octanol–water partition coefficient (Wildman–Crippen LogP) is 6.18. The maximum absolute atomic E-state index is 13.1. The normalized spacial score (nSPS) is 25.7. The van der Waals surface area contributed by atoms with Crippen LogP contribution in [-0.2, 0) is 0 Å². The standard InChI is InChI=1S/C25H27ClN2O/c26-19-11-8-17(9-12-19)24-21-7-5-6-20(21)22-16-18(10-13-23(22)27-24)25(29)28-14-3-1-2-4-15-28/h5-6,8-13,16,20-21,24,27H,1-4,7,14-15H2/t20-,21-,24-/m1/s1. The highest BCUT2D eigenvalue weighted by Gasteiger charge is 2.38. The first kappa shape index (κ1) is 18.7. The highest BCUT2D eigenvalue weighted by Crippen LogP contribution is 2.50. The minimum absolute atomic E-state index is 0.188. The third-order valence-corrected chi connectivity index (χ3v) is 6.98. The Hall–Kier alpha value is -2.26. The average Bonchev–Trinajstić information content (AvgIpc) is 3.09. The summed E-state index contributed by atoms with van der Waals surface area (Å²) in [6.07, 6.45) is 10.4. The zero-order valence-corrected chi connectivity index (χ0v) is 17.4. The van der Waals surface area contributed by atoms with Gasteiger partial charge in [0.25, 0.3) is 5.91 Å². The van der Waals surface area contributed by atoms with Crippen LogP contribution < -0.4 is 5.32 Å². The average molecular weight is 407 g/mol. The molecule has 2 heterocycles. The number of hydrogen-bond acceptors (Lipinski definition) is 2. The van der Waals surface area contributed by atoms with Gasteiger partial charge in [0, 0.05) is 35.3 Å². The van der Waals surface area contributed by atoms with E-state index in [0.717, 1.165) is 48.6 Å². The highest BCUT2D eigenvalue weighted by atomic mass is 35.5. The van der Waals surface area contributed by atoms with Crippen LogP contribution in [-0.4, -0.2) is 23.9 Å². The van der Waals surface area contributed by atoms with Gasteiger partial charge in [0.2, 0.25) is 0 Å². The number of rotatable bonds is 2. The lowest BCUT2D eigenvalue weighted by molar-refractivity contribution is 0.0761. The second kappa shape index (κ2) is 7.87. The van der Waals surface area contributed by atoms with Crippen LogP contribution in [0.5, 0.6) is 0 Å². The molecule has 3 aliphatic rings. The number of carbonyl (C=O) groups excluding carboxylic acids is 1. The van der Waals surface area contributed by atoms with E-state index in [-0.39, 0.29) is 11.9 Å². The second-order valence-electron chi connectivity index (χ2n) is 8.54. The summed E-state index contributed by atoms with van der Waals surface area (Å²) in [6.45, 7) is 1.78. The van der Waals surface area contributed by atoms with Crippen LogP contribution in [0.4, 0.5) is 5.69 Å². The van der Waals surface area contributed by atoms with Crippen LogP contribution in [0.1, 0.15) is 65.5 Å². The van der Waals surface area contributed by atoms with Gasteiger partial charge in [-0.2, -0.15) is 0 Å². The monoisotopic (exact) mass is 406 g/mol. The Balaban J connectivity index is 1.45. The van der Waals surface area contributed by atoms with E-state index < -0.39 is 0 Å². The van der Waals surface area contributed by atoms with Crippen molar-refractivity contribution in [3.05, 3.63) is 76.3 Å². The van der Waals surface area contributed by atoms with Crippen molar-refractivity contribution < 1.29 is 4.79 Å². The van der Waals surface area contributed by atoms with Crippen LogP contribution in [0.3, 0.4) is 0 Å². The van der Waals surface area contributed by atoms with Crippen LogP contribution in [0.15, 0.2) is 54.6 Å². The van der Waals surface area contributed by atoms with Gasteiger partial charge in [0.05, 0.1) is 6.04 Å². The molecule has 0 saturated carbocycles. The van der Waals surface area contributed by atoms with Gasteiger partial charge in [0.15, 0.2) is 0 Å². The van der Waals surface area contributed by atoms with Crippen LogP contribution >= 0.6 is 11.6 Å². The van der Waals surface area contributed by atoms with E-state index in [1.165, 1.54) is 24.0 Å². The zero-order valence-electron chi connectivity index (χ0n) is 16.6. The Kier molecular flexibility index (Phi) is 5.09. The number of benzene rings is 2. The van der Waals surface area contributed by atoms with E-state index in [1.54, 1.807) is 0 Å². The number of hydrogen-bond donors (Lipinski definition) is 1. The molecule has 0 spiro atoms. The van der Waals surface area contributed by atoms with Crippen LogP contribution in [0.25, 0.3) is 0 Å². The number of fused-ring (bicyclic) bond motifs is 3. The Morgan fingerprint density at radius 3 is 2.52 bits per heavy atom. The van der Waals surface area contributed by atoms with Gasteiger partial charge in [-0.05, 0) is 66.6 Å². The molecular formula is C25H27ClN2O. The van der Waals surface area contributed by atoms with Crippen LogP contribution in [0, 0.1) is 5.92 Å². The van der Waals surface area contributed by atoms with Crippen LogP contribution in [0.2, 0.25) is 5.02 Å². The van der Waals surface area contributed by atoms with Gasteiger partial charge in [-0.25, -0.2) is 0 Å². The van der Waals surface area contributed by atoms with E-state index in [0.29, 0.717) is 11.8 Å². The molecule has 3 nitrogen and oxygen atoms in total. The SMILES string of the molecule is O=C(c1ccc2c(c1)[C@@H]1C=CC[C@H]1[C@@H](c1ccc(Cl)cc1)N2)N1CCCCCC1. The molecule has 5 rings (SSSR count).